The maximum Gasteiger partial charge on any atom is 0.182 e. The molecule has 3 rings (SSSR count). The normalized spacial score (nSPS) is 11.0. The molecule has 0 saturated carbocycles. The Labute approximate surface area is 122 Å². The maximum atomic E-state index is 12.9. The van der Waals surface area contributed by atoms with Crippen molar-refractivity contribution in [2.75, 3.05) is 0 Å². The van der Waals surface area contributed by atoms with Crippen LogP contribution in [0.2, 0.25) is 0 Å². The summed E-state index contributed by atoms with van der Waals surface area (Å²) in [5.74, 6) is -0.404. The molecule has 0 aliphatic heterocycles. The SMILES string of the molecule is Cc1cc2ncn(CC(=O)c3ccc(F)cc3)c2cc1C. The second-order valence-corrected chi connectivity index (χ2v) is 5.23. The highest BCUT2D eigenvalue weighted by atomic mass is 19.1. The highest BCUT2D eigenvalue weighted by Crippen LogP contribution is 2.19. The predicted octanol–water partition coefficient (Wildman–Crippen LogP) is 3.68. The molecule has 0 spiro atoms. The van der Waals surface area contributed by atoms with E-state index in [1.165, 1.54) is 35.4 Å². The largest absolute Gasteiger partial charge is 0.323 e. The van der Waals surface area contributed by atoms with Crippen LogP contribution in [0.25, 0.3) is 11.0 Å². The van der Waals surface area contributed by atoms with Crippen LogP contribution < -0.4 is 0 Å². The molecule has 0 fully saturated rings. The van der Waals surface area contributed by atoms with Crippen LogP contribution in [-0.4, -0.2) is 15.3 Å². The molecule has 1 heterocycles. The molecule has 0 aliphatic rings. The molecule has 0 amide bonds. The van der Waals surface area contributed by atoms with E-state index in [4.69, 9.17) is 0 Å². The Morgan fingerprint density at radius 3 is 2.52 bits per heavy atom. The summed E-state index contributed by atoms with van der Waals surface area (Å²) in [4.78, 5) is 16.6. The Bertz CT molecular complexity index is 819. The first kappa shape index (κ1) is 13.5. The lowest BCUT2D eigenvalue weighted by molar-refractivity contribution is 0.0973. The Morgan fingerprint density at radius 1 is 1.14 bits per heavy atom. The van der Waals surface area contributed by atoms with Crippen molar-refractivity contribution in [3.8, 4) is 0 Å². The zero-order chi connectivity index (χ0) is 15.0. The molecular formula is C17H15FN2O. The topological polar surface area (TPSA) is 34.9 Å². The van der Waals surface area contributed by atoms with Crippen molar-refractivity contribution >= 4 is 16.8 Å². The van der Waals surface area contributed by atoms with E-state index in [-0.39, 0.29) is 18.1 Å². The number of aryl methyl sites for hydroxylation is 2. The van der Waals surface area contributed by atoms with Crippen LogP contribution >= 0.6 is 0 Å². The summed E-state index contributed by atoms with van der Waals surface area (Å²) in [5, 5.41) is 0. The van der Waals surface area contributed by atoms with Gasteiger partial charge in [0.15, 0.2) is 5.78 Å². The summed E-state index contributed by atoms with van der Waals surface area (Å²) in [6.45, 7) is 4.27. The number of rotatable bonds is 3. The minimum absolute atomic E-state index is 0.0625. The number of Topliss-reactive ketones (excluding diaryl/α,β-unsaturated/α-hetero) is 1. The van der Waals surface area contributed by atoms with Gasteiger partial charge in [-0.25, -0.2) is 9.37 Å². The highest BCUT2D eigenvalue weighted by Gasteiger charge is 2.10. The number of hydrogen-bond donors (Lipinski definition) is 0. The fraction of sp³-hybridized carbons (Fsp3) is 0.176. The molecule has 0 unspecified atom stereocenters. The third kappa shape index (κ3) is 2.57. The number of benzene rings is 2. The second-order valence-electron chi connectivity index (χ2n) is 5.23. The van der Waals surface area contributed by atoms with E-state index in [0.29, 0.717) is 5.56 Å². The molecule has 0 N–H and O–H groups in total. The van der Waals surface area contributed by atoms with Gasteiger partial charge in [-0.2, -0.15) is 0 Å². The Morgan fingerprint density at radius 2 is 1.81 bits per heavy atom. The van der Waals surface area contributed by atoms with Crippen LogP contribution in [0.5, 0.6) is 0 Å². The molecule has 3 aromatic rings. The summed E-state index contributed by atoms with van der Waals surface area (Å²) in [7, 11) is 0. The van der Waals surface area contributed by atoms with Gasteiger partial charge in [-0.1, -0.05) is 0 Å². The first-order valence-corrected chi connectivity index (χ1v) is 6.75. The molecule has 0 saturated heterocycles. The summed E-state index contributed by atoms with van der Waals surface area (Å²) in [5.41, 5.74) is 4.66. The number of carbonyl (C=O) groups is 1. The Kier molecular flexibility index (Phi) is 3.29. The monoisotopic (exact) mass is 282 g/mol. The molecule has 0 bridgehead atoms. The van der Waals surface area contributed by atoms with Crippen LogP contribution in [0.4, 0.5) is 4.39 Å². The highest BCUT2D eigenvalue weighted by molar-refractivity contribution is 5.96. The fourth-order valence-corrected chi connectivity index (χ4v) is 2.32. The number of fused-ring (bicyclic) bond motifs is 1. The Hall–Kier alpha value is -2.49. The van der Waals surface area contributed by atoms with Gasteiger partial charge in [0, 0.05) is 5.56 Å². The number of hydrogen-bond acceptors (Lipinski definition) is 2. The van der Waals surface area contributed by atoms with Gasteiger partial charge in [0.25, 0.3) is 0 Å². The minimum atomic E-state index is -0.342. The van der Waals surface area contributed by atoms with Crippen LogP contribution in [0.15, 0.2) is 42.7 Å². The van der Waals surface area contributed by atoms with Gasteiger partial charge < -0.3 is 4.57 Å². The van der Waals surface area contributed by atoms with E-state index < -0.39 is 0 Å². The van der Waals surface area contributed by atoms with Gasteiger partial charge in [-0.3, -0.25) is 4.79 Å². The van der Waals surface area contributed by atoms with Crippen molar-refractivity contribution in [3.63, 3.8) is 0 Å². The minimum Gasteiger partial charge on any atom is -0.323 e. The van der Waals surface area contributed by atoms with Crippen molar-refractivity contribution in [3.05, 3.63) is 65.2 Å². The van der Waals surface area contributed by atoms with Crippen LogP contribution in [0, 0.1) is 19.7 Å². The van der Waals surface area contributed by atoms with Crippen molar-refractivity contribution in [1.29, 1.82) is 0 Å². The third-order valence-electron chi connectivity index (χ3n) is 3.72. The molecular weight excluding hydrogens is 267 g/mol. The zero-order valence-electron chi connectivity index (χ0n) is 11.9. The van der Waals surface area contributed by atoms with Gasteiger partial charge >= 0.3 is 0 Å². The van der Waals surface area contributed by atoms with Crippen LogP contribution in [0.1, 0.15) is 21.5 Å². The zero-order valence-corrected chi connectivity index (χ0v) is 11.9. The summed E-state index contributed by atoms with van der Waals surface area (Å²) < 4.78 is 14.7. The lowest BCUT2D eigenvalue weighted by atomic mass is 10.1. The predicted molar refractivity (Wildman–Crippen MR) is 79.9 cm³/mol. The molecule has 2 aromatic carbocycles. The number of imidazole rings is 1. The number of halogens is 1. The molecule has 0 aliphatic carbocycles. The van der Waals surface area contributed by atoms with Crippen molar-refractivity contribution < 1.29 is 9.18 Å². The smallest absolute Gasteiger partial charge is 0.182 e. The molecule has 1 aromatic heterocycles. The van der Waals surface area contributed by atoms with Gasteiger partial charge in [0.1, 0.15) is 5.82 Å². The maximum absolute atomic E-state index is 12.9. The lowest BCUT2D eigenvalue weighted by Crippen LogP contribution is -2.09. The van der Waals surface area contributed by atoms with E-state index in [0.717, 1.165) is 11.0 Å². The fourth-order valence-electron chi connectivity index (χ4n) is 2.32. The molecule has 106 valence electrons. The van der Waals surface area contributed by atoms with Crippen molar-refractivity contribution in [2.24, 2.45) is 0 Å². The third-order valence-corrected chi connectivity index (χ3v) is 3.72. The van der Waals surface area contributed by atoms with Crippen LogP contribution in [0.3, 0.4) is 0 Å². The molecule has 4 heteroatoms. The number of aromatic nitrogens is 2. The quantitative estimate of drug-likeness (QED) is 0.687. The lowest BCUT2D eigenvalue weighted by Gasteiger charge is -2.06. The summed E-state index contributed by atoms with van der Waals surface area (Å²) >= 11 is 0. The number of ketones is 1. The van der Waals surface area contributed by atoms with E-state index >= 15 is 0 Å². The van der Waals surface area contributed by atoms with E-state index in [1.54, 1.807) is 6.33 Å². The average Bonchev–Trinajstić information content (AvgIpc) is 2.82. The van der Waals surface area contributed by atoms with Crippen LogP contribution in [-0.2, 0) is 6.54 Å². The van der Waals surface area contributed by atoms with Crippen molar-refractivity contribution in [1.82, 2.24) is 9.55 Å². The standard InChI is InChI=1S/C17H15FN2O/c1-11-7-15-16(8-12(11)2)20(10-19-15)9-17(21)13-3-5-14(18)6-4-13/h3-8,10H,9H2,1-2H3. The molecule has 3 nitrogen and oxygen atoms in total. The number of carbonyl (C=O) groups excluding carboxylic acids is 1. The summed E-state index contributed by atoms with van der Waals surface area (Å²) in [6.07, 6.45) is 1.67. The first-order chi connectivity index (χ1) is 10.0. The van der Waals surface area contributed by atoms with Gasteiger partial charge in [-0.15, -0.1) is 0 Å². The van der Waals surface area contributed by atoms with Crippen molar-refractivity contribution in [2.45, 2.75) is 20.4 Å². The van der Waals surface area contributed by atoms with E-state index in [1.807, 2.05) is 30.5 Å². The second kappa shape index (κ2) is 5.13. The van der Waals surface area contributed by atoms with Gasteiger partial charge in [-0.05, 0) is 61.4 Å². The van der Waals surface area contributed by atoms with E-state index in [9.17, 15) is 9.18 Å². The molecule has 0 radical (unpaired) electrons. The average molecular weight is 282 g/mol. The first-order valence-electron chi connectivity index (χ1n) is 6.75. The molecule has 0 atom stereocenters. The van der Waals surface area contributed by atoms with E-state index in [2.05, 4.69) is 4.98 Å². The Balaban J connectivity index is 1.93. The molecule has 21 heavy (non-hydrogen) atoms. The summed E-state index contributed by atoms with van der Waals surface area (Å²) in [6, 6.07) is 9.66. The number of nitrogens with zero attached hydrogens (tertiary/aromatic N) is 2. The van der Waals surface area contributed by atoms with Gasteiger partial charge in [0.05, 0.1) is 23.9 Å². The van der Waals surface area contributed by atoms with Gasteiger partial charge in [0.2, 0.25) is 0 Å².